The Hall–Kier alpha value is -3.04. The van der Waals surface area contributed by atoms with Gasteiger partial charge in [0, 0.05) is 31.9 Å². The summed E-state index contributed by atoms with van der Waals surface area (Å²) in [7, 11) is 2.81. The Morgan fingerprint density at radius 3 is 2.58 bits per heavy atom. The third-order valence-electron chi connectivity index (χ3n) is 5.51. The molecule has 1 aromatic heterocycles. The van der Waals surface area contributed by atoms with Crippen molar-refractivity contribution < 1.29 is 22.7 Å². The van der Waals surface area contributed by atoms with Crippen LogP contribution >= 0.6 is 0 Å². The highest BCUT2D eigenvalue weighted by Crippen LogP contribution is 2.35. The summed E-state index contributed by atoms with van der Waals surface area (Å²) in [6.45, 7) is 3.62. The molecule has 0 atom stereocenters. The van der Waals surface area contributed by atoms with Crippen molar-refractivity contribution in [2.75, 3.05) is 37.9 Å². The number of anilines is 3. The van der Waals surface area contributed by atoms with Crippen molar-refractivity contribution in [1.82, 2.24) is 14.9 Å². The number of carbonyl (C=O) groups is 1. The summed E-state index contributed by atoms with van der Waals surface area (Å²) in [5.74, 6) is 0.588. The van der Waals surface area contributed by atoms with E-state index in [9.17, 15) is 18.0 Å². The minimum absolute atomic E-state index is 0.0311. The third-order valence-corrected chi connectivity index (χ3v) is 5.51. The van der Waals surface area contributed by atoms with Crippen LogP contribution in [-0.4, -0.2) is 48.0 Å². The molecule has 0 saturated carbocycles. The lowest BCUT2D eigenvalue weighted by Gasteiger charge is -2.31. The number of methoxy groups -OCH3 is 1. The zero-order valence-electron chi connectivity index (χ0n) is 17.7. The van der Waals surface area contributed by atoms with E-state index in [1.807, 2.05) is 4.90 Å². The molecule has 31 heavy (non-hydrogen) atoms. The fourth-order valence-corrected chi connectivity index (χ4v) is 3.61. The number of aromatic nitrogens is 2. The van der Waals surface area contributed by atoms with Crippen molar-refractivity contribution in [2.24, 2.45) is 5.92 Å². The van der Waals surface area contributed by atoms with Crippen molar-refractivity contribution in [3.8, 4) is 5.75 Å². The van der Waals surface area contributed by atoms with Gasteiger partial charge in [-0.1, -0.05) is 13.3 Å². The zero-order chi connectivity index (χ0) is 22.6. The normalized spacial score (nSPS) is 15.0. The summed E-state index contributed by atoms with van der Waals surface area (Å²) in [5.41, 5.74) is -0.0348. The molecule has 1 amide bonds. The molecule has 0 spiro atoms. The number of ether oxygens (including phenoxy) is 1. The highest BCUT2D eigenvalue weighted by molar-refractivity contribution is 5.95. The number of alkyl halides is 3. The molecule has 0 bridgehead atoms. The minimum Gasteiger partial charge on any atom is -0.495 e. The lowest BCUT2D eigenvalue weighted by molar-refractivity contribution is -0.137. The number of hydrogen-bond acceptors (Lipinski definition) is 6. The largest absolute Gasteiger partial charge is 0.495 e. The van der Waals surface area contributed by atoms with Crippen molar-refractivity contribution in [2.45, 2.75) is 32.4 Å². The Balaban J connectivity index is 1.78. The Bertz CT molecular complexity index is 928. The second-order valence-corrected chi connectivity index (χ2v) is 7.39. The van der Waals surface area contributed by atoms with Crippen LogP contribution in [0.1, 0.15) is 42.1 Å². The van der Waals surface area contributed by atoms with Crippen LogP contribution in [0.4, 0.5) is 30.6 Å². The predicted molar refractivity (Wildman–Crippen MR) is 112 cm³/mol. The number of benzene rings is 1. The molecule has 0 unspecified atom stereocenters. The van der Waals surface area contributed by atoms with Crippen molar-refractivity contribution >= 4 is 23.4 Å². The van der Waals surface area contributed by atoms with Gasteiger partial charge < -0.3 is 20.3 Å². The van der Waals surface area contributed by atoms with Gasteiger partial charge in [-0.2, -0.15) is 18.2 Å². The number of amides is 1. The SMILES string of the molecule is CCC1CCN(C(=O)c2ccc(Nc3ncc(C(F)(F)F)c(NC)n3)c(OC)c2)CC1. The topological polar surface area (TPSA) is 79.4 Å². The summed E-state index contributed by atoms with van der Waals surface area (Å²) in [4.78, 5) is 22.3. The van der Waals surface area contributed by atoms with Gasteiger partial charge in [0.1, 0.15) is 17.1 Å². The summed E-state index contributed by atoms with van der Waals surface area (Å²) in [5, 5.41) is 5.29. The average Bonchev–Trinajstić information content (AvgIpc) is 2.78. The molecule has 2 aromatic rings. The number of nitrogens with zero attached hydrogens (tertiary/aromatic N) is 3. The molecule has 1 aromatic carbocycles. The van der Waals surface area contributed by atoms with Crippen LogP contribution in [0.5, 0.6) is 5.75 Å². The number of carbonyl (C=O) groups excluding carboxylic acids is 1. The first-order valence-electron chi connectivity index (χ1n) is 10.1. The van der Waals surface area contributed by atoms with Crippen molar-refractivity contribution in [1.29, 1.82) is 0 Å². The quantitative estimate of drug-likeness (QED) is 0.690. The van der Waals surface area contributed by atoms with E-state index in [0.717, 1.165) is 32.4 Å². The molecule has 2 N–H and O–H groups in total. The number of halogens is 3. The van der Waals surface area contributed by atoms with E-state index in [-0.39, 0.29) is 17.7 Å². The molecule has 168 valence electrons. The van der Waals surface area contributed by atoms with Crippen LogP contribution in [-0.2, 0) is 6.18 Å². The molecule has 1 aliphatic heterocycles. The lowest BCUT2D eigenvalue weighted by atomic mass is 9.94. The number of hydrogen-bond donors (Lipinski definition) is 2. The Labute approximate surface area is 179 Å². The van der Waals surface area contributed by atoms with Crippen LogP contribution < -0.4 is 15.4 Å². The molecule has 1 aliphatic rings. The van der Waals surface area contributed by atoms with Gasteiger partial charge in [0.05, 0.1) is 12.8 Å². The van der Waals surface area contributed by atoms with Crippen LogP contribution in [0.15, 0.2) is 24.4 Å². The average molecular weight is 437 g/mol. The second-order valence-electron chi connectivity index (χ2n) is 7.39. The van der Waals surface area contributed by atoms with Crippen LogP contribution in [0.25, 0.3) is 0 Å². The van der Waals surface area contributed by atoms with Crippen LogP contribution in [0.2, 0.25) is 0 Å². The molecule has 1 saturated heterocycles. The standard InChI is InChI=1S/C21H26F3N5O2/c1-4-13-7-9-29(10-8-13)19(30)14-5-6-16(17(11-14)31-3)27-20-26-12-15(21(22,23)24)18(25-2)28-20/h5-6,11-13H,4,7-10H2,1-3H3,(H2,25,26,27,28). The van der Waals surface area contributed by atoms with E-state index >= 15 is 0 Å². The minimum atomic E-state index is -4.57. The molecule has 0 radical (unpaired) electrons. The molecular weight excluding hydrogens is 411 g/mol. The van der Waals surface area contributed by atoms with Gasteiger partial charge >= 0.3 is 6.18 Å². The molecular formula is C21H26F3N5O2. The lowest BCUT2D eigenvalue weighted by Crippen LogP contribution is -2.38. The highest BCUT2D eigenvalue weighted by Gasteiger charge is 2.35. The van der Waals surface area contributed by atoms with E-state index in [4.69, 9.17) is 4.74 Å². The van der Waals surface area contributed by atoms with Crippen LogP contribution in [0.3, 0.4) is 0 Å². The molecule has 3 rings (SSSR count). The summed E-state index contributed by atoms with van der Waals surface area (Å²) in [6.07, 6.45) is -0.735. The summed E-state index contributed by atoms with van der Waals surface area (Å²) < 4.78 is 44.5. The second kappa shape index (κ2) is 9.40. The molecule has 7 nitrogen and oxygen atoms in total. The van der Waals surface area contributed by atoms with Gasteiger partial charge in [0.15, 0.2) is 0 Å². The highest BCUT2D eigenvalue weighted by atomic mass is 19.4. The maximum Gasteiger partial charge on any atom is 0.421 e. The fourth-order valence-electron chi connectivity index (χ4n) is 3.61. The van der Waals surface area contributed by atoms with E-state index in [1.54, 1.807) is 18.2 Å². The van der Waals surface area contributed by atoms with Gasteiger partial charge in [0.25, 0.3) is 5.91 Å². The maximum absolute atomic E-state index is 13.0. The molecule has 1 fully saturated rings. The Morgan fingerprint density at radius 2 is 2.00 bits per heavy atom. The summed E-state index contributed by atoms with van der Waals surface area (Å²) in [6, 6.07) is 4.90. The smallest absolute Gasteiger partial charge is 0.421 e. The number of likely N-dealkylation sites (tertiary alicyclic amines) is 1. The van der Waals surface area contributed by atoms with Gasteiger partial charge in [-0.05, 0) is 37.0 Å². The Kier molecular flexibility index (Phi) is 6.87. The van der Waals surface area contributed by atoms with Gasteiger partial charge in [0.2, 0.25) is 5.95 Å². The number of piperidine rings is 1. The maximum atomic E-state index is 13.0. The first-order chi connectivity index (χ1) is 14.8. The molecule has 0 aliphatic carbocycles. The first-order valence-corrected chi connectivity index (χ1v) is 10.1. The van der Waals surface area contributed by atoms with E-state index in [2.05, 4.69) is 27.5 Å². The van der Waals surface area contributed by atoms with E-state index in [1.165, 1.54) is 14.2 Å². The summed E-state index contributed by atoms with van der Waals surface area (Å²) >= 11 is 0. The van der Waals surface area contributed by atoms with Gasteiger partial charge in [-0.3, -0.25) is 4.79 Å². The third kappa shape index (κ3) is 5.18. The van der Waals surface area contributed by atoms with Crippen LogP contribution in [0, 0.1) is 5.92 Å². The van der Waals surface area contributed by atoms with Crippen molar-refractivity contribution in [3.63, 3.8) is 0 Å². The van der Waals surface area contributed by atoms with E-state index < -0.39 is 11.7 Å². The monoisotopic (exact) mass is 437 g/mol. The zero-order valence-corrected chi connectivity index (χ0v) is 17.7. The van der Waals surface area contributed by atoms with Gasteiger partial charge in [-0.25, -0.2) is 4.98 Å². The molecule has 2 heterocycles. The first kappa shape index (κ1) is 22.6. The Morgan fingerprint density at radius 1 is 1.29 bits per heavy atom. The number of rotatable bonds is 6. The van der Waals surface area contributed by atoms with Gasteiger partial charge in [-0.15, -0.1) is 0 Å². The predicted octanol–water partition coefficient (Wildman–Crippen LogP) is 4.55. The molecule has 10 heteroatoms. The van der Waals surface area contributed by atoms with E-state index in [0.29, 0.717) is 29.1 Å². The van der Waals surface area contributed by atoms with Crippen molar-refractivity contribution in [3.05, 3.63) is 35.5 Å². The fraction of sp³-hybridized carbons (Fsp3) is 0.476. The number of nitrogens with one attached hydrogen (secondary N) is 2.